The molecule has 0 bridgehead atoms. The molecule has 2 N–H and O–H groups in total. The molecule has 0 saturated heterocycles. The zero-order valence-corrected chi connectivity index (χ0v) is 20.3. The van der Waals surface area contributed by atoms with Crippen LogP contribution in [0.4, 0.5) is 5.69 Å². The summed E-state index contributed by atoms with van der Waals surface area (Å²) in [5.41, 5.74) is 1.97. The summed E-state index contributed by atoms with van der Waals surface area (Å²) in [6, 6.07) is 22.9. The first-order valence-corrected chi connectivity index (χ1v) is 12.7. The number of carbonyl (C=O) groups is 1. The maximum absolute atomic E-state index is 12.7. The van der Waals surface area contributed by atoms with E-state index in [-0.39, 0.29) is 10.8 Å². The molecule has 180 valence electrons. The summed E-state index contributed by atoms with van der Waals surface area (Å²) in [6.07, 6.45) is 0.805. The summed E-state index contributed by atoms with van der Waals surface area (Å²) in [5.74, 6) is 0.360. The molecule has 0 aliphatic rings. The third kappa shape index (κ3) is 7.60. The van der Waals surface area contributed by atoms with E-state index < -0.39 is 10.0 Å². The van der Waals surface area contributed by atoms with E-state index in [9.17, 15) is 13.2 Å². The van der Waals surface area contributed by atoms with Crippen LogP contribution in [0.3, 0.4) is 0 Å². The number of carbonyl (C=O) groups excluding carboxylic acids is 1. The predicted octanol–water partition coefficient (Wildman–Crippen LogP) is 4.14. The number of nitrogens with one attached hydrogen (secondary N) is 2. The standard InChI is InChI=1S/C26H31N3O4S/c1-3-33-24-13-15-25(16-14-24)34(31,32)28-23-12-7-11-22(19-23)26(30)27-17-8-18-29(2)20-21-9-5-4-6-10-21/h4-7,9-16,19,28H,3,8,17-18,20H2,1-2H3,(H,27,30). The van der Waals surface area contributed by atoms with Crippen LogP contribution in [-0.2, 0) is 16.6 Å². The molecular weight excluding hydrogens is 450 g/mol. The molecule has 3 aromatic carbocycles. The molecule has 3 rings (SSSR count). The molecule has 7 nitrogen and oxygen atoms in total. The number of sulfonamides is 1. The summed E-state index contributed by atoms with van der Waals surface area (Å²) < 4.78 is 33.3. The van der Waals surface area contributed by atoms with Gasteiger partial charge in [-0.2, -0.15) is 0 Å². The highest BCUT2D eigenvalue weighted by Crippen LogP contribution is 2.20. The van der Waals surface area contributed by atoms with Gasteiger partial charge in [-0.15, -0.1) is 0 Å². The monoisotopic (exact) mass is 481 g/mol. The maximum atomic E-state index is 12.7. The number of anilines is 1. The van der Waals surface area contributed by atoms with Crippen LogP contribution in [0.15, 0.2) is 83.8 Å². The number of rotatable bonds is 12. The van der Waals surface area contributed by atoms with Crippen molar-refractivity contribution in [3.8, 4) is 5.75 Å². The fourth-order valence-corrected chi connectivity index (χ4v) is 4.50. The molecule has 0 saturated carbocycles. The van der Waals surface area contributed by atoms with Gasteiger partial charge in [0.25, 0.3) is 15.9 Å². The number of hydrogen-bond acceptors (Lipinski definition) is 5. The zero-order valence-electron chi connectivity index (χ0n) is 19.5. The fourth-order valence-electron chi connectivity index (χ4n) is 3.45. The van der Waals surface area contributed by atoms with Crippen molar-refractivity contribution in [2.24, 2.45) is 0 Å². The summed E-state index contributed by atoms with van der Waals surface area (Å²) in [7, 11) is -1.74. The average molecular weight is 482 g/mol. The first kappa shape index (κ1) is 25.3. The second kappa shape index (κ2) is 12.2. The maximum Gasteiger partial charge on any atom is 0.261 e. The lowest BCUT2D eigenvalue weighted by Crippen LogP contribution is -2.28. The fraction of sp³-hybridized carbons (Fsp3) is 0.269. The van der Waals surface area contributed by atoms with E-state index in [1.165, 1.54) is 23.8 Å². The topological polar surface area (TPSA) is 87.7 Å². The second-order valence-electron chi connectivity index (χ2n) is 7.92. The van der Waals surface area contributed by atoms with Gasteiger partial charge in [-0.1, -0.05) is 36.4 Å². The van der Waals surface area contributed by atoms with Crippen LogP contribution in [0.5, 0.6) is 5.75 Å². The van der Waals surface area contributed by atoms with Gasteiger partial charge in [-0.3, -0.25) is 9.52 Å². The van der Waals surface area contributed by atoms with Gasteiger partial charge in [0, 0.05) is 24.3 Å². The van der Waals surface area contributed by atoms with Crippen molar-refractivity contribution in [3.05, 3.63) is 90.0 Å². The minimum atomic E-state index is -3.79. The molecule has 34 heavy (non-hydrogen) atoms. The quantitative estimate of drug-likeness (QED) is 0.380. The van der Waals surface area contributed by atoms with Crippen molar-refractivity contribution in [1.29, 1.82) is 0 Å². The van der Waals surface area contributed by atoms with E-state index in [0.29, 0.717) is 30.2 Å². The van der Waals surface area contributed by atoms with Crippen LogP contribution in [0, 0.1) is 0 Å². The second-order valence-corrected chi connectivity index (χ2v) is 9.61. The number of hydrogen-bond donors (Lipinski definition) is 2. The molecule has 0 aliphatic heterocycles. The largest absolute Gasteiger partial charge is 0.494 e. The van der Waals surface area contributed by atoms with Crippen LogP contribution >= 0.6 is 0 Å². The summed E-state index contributed by atoms with van der Waals surface area (Å²) in [6.45, 7) is 4.59. The Hall–Kier alpha value is -3.36. The molecule has 0 fully saturated rings. The summed E-state index contributed by atoms with van der Waals surface area (Å²) >= 11 is 0. The zero-order chi connectivity index (χ0) is 24.4. The normalized spacial score (nSPS) is 11.3. The van der Waals surface area contributed by atoms with Gasteiger partial charge in [0.2, 0.25) is 0 Å². The molecule has 0 atom stereocenters. The van der Waals surface area contributed by atoms with Gasteiger partial charge in [0.1, 0.15) is 5.75 Å². The molecule has 1 amide bonds. The Kier molecular flexibility index (Phi) is 9.07. The van der Waals surface area contributed by atoms with E-state index >= 15 is 0 Å². The molecule has 0 aromatic heterocycles. The predicted molar refractivity (Wildman–Crippen MR) is 135 cm³/mol. The molecule has 8 heteroatoms. The smallest absolute Gasteiger partial charge is 0.261 e. The van der Waals surface area contributed by atoms with Crippen molar-refractivity contribution in [2.75, 3.05) is 31.5 Å². The summed E-state index contributed by atoms with van der Waals surface area (Å²) in [5, 5.41) is 2.90. The molecule has 0 heterocycles. The number of nitrogens with zero attached hydrogens (tertiary/aromatic N) is 1. The summed E-state index contributed by atoms with van der Waals surface area (Å²) in [4.78, 5) is 14.9. The van der Waals surface area contributed by atoms with E-state index in [2.05, 4.69) is 34.1 Å². The van der Waals surface area contributed by atoms with Crippen molar-refractivity contribution in [2.45, 2.75) is 24.8 Å². The highest BCUT2D eigenvalue weighted by Gasteiger charge is 2.15. The van der Waals surface area contributed by atoms with Gasteiger partial charge < -0.3 is 15.0 Å². The molecule has 0 spiro atoms. The highest BCUT2D eigenvalue weighted by molar-refractivity contribution is 7.92. The van der Waals surface area contributed by atoms with Crippen molar-refractivity contribution in [1.82, 2.24) is 10.2 Å². The van der Waals surface area contributed by atoms with Crippen LogP contribution in [-0.4, -0.2) is 46.0 Å². The van der Waals surface area contributed by atoms with Gasteiger partial charge >= 0.3 is 0 Å². The minimum absolute atomic E-state index is 0.116. The number of ether oxygens (including phenoxy) is 1. The average Bonchev–Trinajstić information content (AvgIpc) is 2.83. The van der Waals surface area contributed by atoms with Crippen LogP contribution in [0.1, 0.15) is 29.3 Å². The molecular formula is C26H31N3O4S. The molecule has 0 unspecified atom stereocenters. The van der Waals surface area contributed by atoms with E-state index in [1.807, 2.05) is 25.1 Å². The number of amides is 1. The Morgan fingerprint density at radius 1 is 0.971 bits per heavy atom. The lowest BCUT2D eigenvalue weighted by molar-refractivity contribution is 0.0952. The van der Waals surface area contributed by atoms with Crippen molar-refractivity contribution >= 4 is 21.6 Å². The Morgan fingerprint density at radius 3 is 2.41 bits per heavy atom. The lowest BCUT2D eigenvalue weighted by Gasteiger charge is -2.16. The number of benzene rings is 3. The minimum Gasteiger partial charge on any atom is -0.494 e. The van der Waals surface area contributed by atoms with Crippen LogP contribution < -0.4 is 14.8 Å². The highest BCUT2D eigenvalue weighted by atomic mass is 32.2. The van der Waals surface area contributed by atoms with Gasteiger partial charge in [-0.05, 0) is 75.0 Å². The van der Waals surface area contributed by atoms with Gasteiger partial charge in [0.15, 0.2) is 0 Å². The van der Waals surface area contributed by atoms with Gasteiger partial charge in [0.05, 0.1) is 11.5 Å². The van der Waals surface area contributed by atoms with E-state index in [4.69, 9.17) is 4.74 Å². The van der Waals surface area contributed by atoms with Crippen molar-refractivity contribution < 1.29 is 17.9 Å². The van der Waals surface area contributed by atoms with Crippen LogP contribution in [0.25, 0.3) is 0 Å². The van der Waals surface area contributed by atoms with Gasteiger partial charge in [-0.25, -0.2) is 8.42 Å². The lowest BCUT2D eigenvalue weighted by atomic mass is 10.2. The van der Waals surface area contributed by atoms with E-state index in [1.54, 1.807) is 30.3 Å². The van der Waals surface area contributed by atoms with Crippen LogP contribution in [0.2, 0.25) is 0 Å². The Balaban J connectivity index is 1.50. The first-order chi connectivity index (χ1) is 16.4. The third-order valence-electron chi connectivity index (χ3n) is 5.12. The molecule has 0 radical (unpaired) electrons. The third-order valence-corrected chi connectivity index (χ3v) is 6.52. The molecule has 3 aromatic rings. The Labute approximate surface area is 201 Å². The van der Waals surface area contributed by atoms with Crippen molar-refractivity contribution in [3.63, 3.8) is 0 Å². The first-order valence-electron chi connectivity index (χ1n) is 11.2. The van der Waals surface area contributed by atoms with E-state index in [0.717, 1.165) is 19.5 Å². The Morgan fingerprint density at radius 2 is 1.71 bits per heavy atom. The Bertz CT molecular complexity index is 1170. The SMILES string of the molecule is CCOc1ccc(S(=O)(=O)Nc2cccc(C(=O)NCCCN(C)Cc3ccccc3)c2)cc1. The molecule has 0 aliphatic carbocycles.